The number of allylic oxidation sites excluding steroid dienone is 2. The molecule has 1 aliphatic rings. The van der Waals surface area contributed by atoms with Crippen LogP contribution in [-0.2, 0) is 4.57 Å². The number of benzene rings is 2. The Hall–Kier alpha value is -2.12. The zero-order valence-corrected chi connectivity index (χ0v) is 11.7. The maximum atomic E-state index is 12.6. The average Bonchev–Trinajstić information content (AvgIpc) is 2.50. The summed E-state index contributed by atoms with van der Waals surface area (Å²) < 4.78 is 22.5. The third-order valence-electron chi connectivity index (χ3n) is 3.05. The molecule has 20 heavy (non-hydrogen) atoms. The maximum absolute atomic E-state index is 12.6. The summed E-state index contributed by atoms with van der Waals surface area (Å²) in [6.07, 6.45) is 5.81. The Balaban J connectivity index is 1.80. The second-order valence-electron chi connectivity index (χ2n) is 4.49. The normalized spacial score (nSPS) is 20.8. The van der Waals surface area contributed by atoms with Gasteiger partial charge in [0.1, 0.15) is 11.5 Å². The van der Waals surface area contributed by atoms with Crippen LogP contribution in [0.1, 0.15) is 0 Å². The molecule has 1 heterocycles. The zero-order chi connectivity index (χ0) is 13.8. The zero-order valence-electron chi connectivity index (χ0n) is 10.8. The molecule has 0 aliphatic carbocycles. The van der Waals surface area contributed by atoms with E-state index in [-0.39, 0.29) is 0 Å². The van der Waals surface area contributed by atoms with E-state index in [1.54, 1.807) is 6.21 Å². The third-order valence-corrected chi connectivity index (χ3v) is 5.36. The largest absolute Gasteiger partial charge is 0.457 e. The molecular formula is C16H14NO2P. The predicted octanol–water partition coefficient (Wildman–Crippen LogP) is 4.02. The van der Waals surface area contributed by atoms with E-state index >= 15 is 0 Å². The van der Waals surface area contributed by atoms with E-state index in [4.69, 9.17) is 4.74 Å². The minimum absolute atomic E-state index is 0.488. The summed E-state index contributed by atoms with van der Waals surface area (Å²) in [4.78, 5) is 0. The van der Waals surface area contributed by atoms with Gasteiger partial charge in [-0.15, -0.1) is 0 Å². The van der Waals surface area contributed by atoms with Gasteiger partial charge in [-0.1, -0.05) is 24.3 Å². The quantitative estimate of drug-likeness (QED) is 0.798. The van der Waals surface area contributed by atoms with Gasteiger partial charge in [-0.3, -0.25) is 4.57 Å². The molecule has 0 amide bonds. The fourth-order valence-corrected chi connectivity index (χ4v) is 3.75. The molecule has 0 fully saturated rings. The third kappa shape index (κ3) is 2.73. The van der Waals surface area contributed by atoms with Crippen LogP contribution in [-0.4, -0.2) is 12.4 Å². The monoisotopic (exact) mass is 283 g/mol. The van der Waals surface area contributed by atoms with Crippen molar-refractivity contribution in [3.63, 3.8) is 0 Å². The molecule has 0 radical (unpaired) electrons. The Morgan fingerprint density at radius 2 is 1.65 bits per heavy atom. The van der Waals surface area contributed by atoms with E-state index in [9.17, 15) is 4.57 Å². The number of hydrogen-bond donors (Lipinski definition) is 0. The lowest BCUT2D eigenvalue weighted by molar-refractivity contribution is 0.483. The minimum Gasteiger partial charge on any atom is -0.457 e. The van der Waals surface area contributed by atoms with Crippen LogP contribution in [0.5, 0.6) is 11.5 Å². The van der Waals surface area contributed by atoms with E-state index in [1.807, 2.05) is 66.7 Å². The minimum atomic E-state index is -2.64. The Labute approximate surface area is 118 Å². The molecule has 0 saturated carbocycles. The smallest absolute Gasteiger partial charge is 0.222 e. The molecule has 2 aromatic rings. The van der Waals surface area contributed by atoms with Gasteiger partial charge < -0.3 is 4.74 Å². The Morgan fingerprint density at radius 3 is 2.30 bits per heavy atom. The number of ether oxygens (including phenoxy) is 1. The highest BCUT2D eigenvalue weighted by Gasteiger charge is 2.22. The summed E-state index contributed by atoms with van der Waals surface area (Å²) in [5.74, 6) is 1.51. The van der Waals surface area contributed by atoms with E-state index < -0.39 is 7.29 Å². The van der Waals surface area contributed by atoms with Crippen molar-refractivity contribution in [2.75, 3.05) is 6.16 Å². The van der Waals surface area contributed by atoms with E-state index in [1.165, 1.54) is 0 Å². The van der Waals surface area contributed by atoms with Crippen molar-refractivity contribution in [1.29, 1.82) is 0 Å². The number of nitrogens with zero attached hydrogens (tertiary/aromatic N) is 1. The first-order chi connectivity index (χ1) is 9.76. The summed E-state index contributed by atoms with van der Waals surface area (Å²) in [5, 5.41) is 0.763. The highest BCUT2D eigenvalue weighted by molar-refractivity contribution is 7.70. The molecule has 0 bridgehead atoms. The summed E-state index contributed by atoms with van der Waals surface area (Å²) >= 11 is 0. The summed E-state index contributed by atoms with van der Waals surface area (Å²) in [6, 6.07) is 16.9. The van der Waals surface area contributed by atoms with Crippen LogP contribution in [0.3, 0.4) is 0 Å². The van der Waals surface area contributed by atoms with Gasteiger partial charge in [-0.25, -0.2) is 4.76 Å². The molecular weight excluding hydrogens is 269 g/mol. The molecule has 0 saturated heterocycles. The lowest BCUT2D eigenvalue weighted by atomic mass is 10.3. The van der Waals surface area contributed by atoms with Gasteiger partial charge in [0.25, 0.3) is 0 Å². The van der Waals surface area contributed by atoms with Crippen molar-refractivity contribution in [1.82, 2.24) is 0 Å². The van der Waals surface area contributed by atoms with E-state index in [0.717, 1.165) is 16.8 Å². The molecule has 100 valence electrons. The second kappa shape index (κ2) is 5.48. The Bertz CT molecular complexity index is 690. The van der Waals surface area contributed by atoms with Crippen LogP contribution in [0, 0.1) is 0 Å². The summed E-state index contributed by atoms with van der Waals surface area (Å²) in [6.45, 7) is 0. The van der Waals surface area contributed by atoms with Crippen molar-refractivity contribution >= 4 is 18.8 Å². The van der Waals surface area contributed by atoms with Gasteiger partial charge in [0.2, 0.25) is 7.29 Å². The van der Waals surface area contributed by atoms with Crippen molar-refractivity contribution in [3.05, 3.63) is 66.7 Å². The average molecular weight is 283 g/mol. The molecule has 1 unspecified atom stereocenters. The van der Waals surface area contributed by atoms with Crippen molar-refractivity contribution in [2.45, 2.75) is 0 Å². The SMILES string of the molecule is O=P1(c2ccc(Oc3ccccc3)cc2)CC=CC=N1. The lowest BCUT2D eigenvalue weighted by Crippen LogP contribution is -2.06. The van der Waals surface area contributed by atoms with Crippen LogP contribution in [0.25, 0.3) is 0 Å². The van der Waals surface area contributed by atoms with Gasteiger partial charge in [0, 0.05) is 17.7 Å². The maximum Gasteiger partial charge on any atom is 0.222 e. The molecule has 3 rings (SSSR count). The number of hydrogen-bond acceptors (Lipinski definition) is 2. The van der Waals surface area contributed by atoms with E-state index in [2.05, 4.69) is 4.76 Å². The first-order valence-corrected chi connectivity index (χ1v) is 8.24. The first kappa shape index (κ1) is 12.9. The summed E-state index contributed by atoms with van der Waals surface area (Å²) in [7, 11) is -2.64. The lowest BCUT2D eigenvalue weighted by Gasteiger charge is -2.14. The predicted molar refractivity (Wildman–Crippen MR) is 82.7 cm³/mol. The molecule has 1 atom stereocenters. The van der Waals surface area contributed by atoms with Crippen molar-refractivity contribution < 1.29 is 9.30 Å². The van der Waals surface area contributed by atoms with Crippen LogP contribution in [0.2, 0.25) is 0 Å². The number of rotatable bonds is 3. The first-order valence-electron chi connectivity index (χ1n) is 6.40. The summed E-state index contributed by atoms with van der Waals surface area (Å²) in [5.41, 5.74) is 0. The topological polar surface area (TPSA) is 38.7 Å². The van der Waals surface area contributed by atoms with Crippen LogP contribution >= 0.6 is 7.29 Å². The van der Waals surface area contributed by atoms with Gasteiger partial charge in [0.05, 0.1) is 0 Å². The van der Waals surface area contributed by atoms with Gasteiger partial charge >= 0.3 is 0 Å². The van der Waals surface area contributed by atoms with Gasteiger partial charge in [-0.05, 0) is 42.5 Å². The Morgan fingerprint density at radius 1 is 0.950 bits per heavy atom. The molecule has 1 aliphatic heterocycles. The molecule has 2 aromatic carbocycles. The molecule has 0 spiro atoms. The van der Waals surface area contributed by atoms with Crippen molar-refractivity contribution in [3.8, 4) is 11.5 Å². The fourth-order valence-electron chi connectivity index (χ4n) is 2.00. The van der Waals surface area contributed by atoms with E-state index in [0.29, 0.717) is 6.16 Å². The van der Waals surface area contributed by atoms with Crippen LogP contribution in [0.15, 0.2) is 71.5 Å². The van der Waals surface area contributed by atoms with Crippen LogP contribution < -0.4 is 10.0 Å². The standard InChI is InChI=1S/C16H14NO2P/c18-20(13-5-4-12-17-20)16-10-8-15(9-11-16)19-14-6-2-1-3-7-14/h1-12H,13H2. The molecule has 0 aromatic heterocycles. The molecule has 3 nitrogen and oxygen atoms in total. The highest BCUT2D eigenvalue weighted by Crippen LogP contribution is 2.47. The molecule has 0 N–H and O–H groups in total. The van der Waals surface area contributed by atoms with Crippen molar-refractivity contribution in [2.24, 2.45) is 4.76 Å². The molecule has 4 heteroatoms. The van der Waals surface area contributed by atoms with Crippen LogP contribution in [0.4, 0.5) is 0 Å². The Kier molecular flexibility index (Phi) is 3.53. The highest BCUT2D eigenvalue weighted by atomic mass is 31.2. The fraction of sp³-hybridized carbons (Fsp3) is 0.0625. The van der Waals surface area contributed by atoms with Gasteiger partial charge in [0.15, 0.2) is 0 Å². The number of para-hydroxylation sites is 1. The van der Waals surface area contributed by atoms with Gasteiger partial charge in [-0.2, -0.15) is 0 Å². The second-order valence-corrected chi connectivity index (χ2v) is 7.00.